The third-order valence-corrected chi connectivity index (χ3v) is 3.77. The Labute approximate surface area is 111 Å². The molecule has 19 heavy (non-hydrogen) atoms. The predicted octanol–water partition coefficient (Wildman–Crippen LogP) is 1.43. The van der Waals surface area contributed by atoms with E-state index in [1.807, 2.05) is 0 Å². The Balaban J connectivity index is 2.27. The van der Waals surface area contributed by atoms with Crippen LogP contribution in [0.2, 0.25) is 0 Å². The van der Waals surface area contributed by atoms with Gasteiger partial charge in [-0.15, -0.1) is 0 Å². The lowest BCUT2D eigenvalue weighted by Gasteiger charge is -2.16. The number of nitrogens with zero attached hydrogens (tertiary/aromatic N) is 1. The minimum absolute atomic E-state index is 0.0218. The Morgan fingerprint density at radius 1 is 1.16 bits per heavy atom. The molecule has 2 amide bonds. The van der Waals surface area contributed by atoms with Crippen molar-refractivity contribution in [3.8, 4) is 0 Å². The highest BCUT2D eigenvalue weighted by Gasteiger charge is 2.42. The first-order valence-corrected chi connectivity index (χ1v) is 6.29. The number of carbonyl (C=O) groups excluding carboxylic acids is 2. The van der Waals surface area contributed by atoms with Crippen LogP contribution in [0, 0.1) is 17.7 Å². The summed E-state index contributed by atoms with van der Waals surface area (Å²) in [6, 6.07) is 4.85. The van der Waals surface area contributed by atoms with Gasteiger partial charge in [0.15, 0.2) is 0 Å². The molecule has 0 aliphatic carbocycles. The third kappa shape index (κ3) is 2.26. The summed E-state index contributed by atoms with van der Waals surface area (Å²) in [7, 11) is 0. The molecule has 1 fully saturated rings. The number of benzene rings is 1. The van der Waals surface area contributed by atoms with Crippen LogP contribution in [0.4, 0.5) is 4.39 Å². The van der Waals surface area contributed by atoms with E-state index in [9.17, 15) is 14.0 Å². The van der Waals surface area contributed by atoms with Crippen LogP contribution in [0.15, 0.2) is 18.2 Å². The van der Waals surface area contributed by atoms with Gasteiger partial charge in [-0.05, 0) is 0 Å². The predicted molar refractivity (Wildman–Crippen MR) is 68.2 cm³/mol. The molecular weight excluding hydrogens is 247 g/mol. The van der Waals surface area contributed by atoms with Crippen LogP contribution in [0.1, 0.15) is 25.0 Å². The standard InChI is InChI=1S/C14H17FN2O2/c1-8-9(2)14(19)17(13(8)18)7-11-5-3-4-10(6-16)12(11)15/h3-5,8-9H,6-7,16H2,1-2H3. The van der Waals surface area contributed by atoms with E-state index < -0.39 is 5.82 Å². The average molecular weight is 264 g/mol. The van der Waals surface area contributed by atoms with Crippen molar-refractivity contribution in [1.82, 2.24) is 4.90 Å². The van der Waals surface area contributed by atoms with Gasteiger partial charge in [0, 0.05) is 29.5 Å². The van der Waals surface area contributed by atoms with Crippen LogP contribution in [-0.4, -0.2) is 16.7 Å². The molecule has 4 nitrogen and oxygen atoms in total. The summed E-state index contributed by atoms with van der Waals surface area (Å²) in [5, 5.41) is 0. The Morgan fingerprint density at radius 2 is 1.68 bits per heavy atom. The maximum Gasteiger partial charge on any atom is 0.233 e. The van der Waals surface area contributed by atoms with Gasteiger partial charge >= 0.3 is 0 Å². The van der Waals surface area contributed by atoms with Gasteiger partial charge in [-0.25, -0.2) is 4.39 Å². The van der Waals surface area contributed by atoms with E-state index in [1.165, 1.54) is 0 Å². The Morgan fingerprint density at radius 3 is 2.21 bits per heavy atom. The monoisotopic (exact) mass is 264 g/mol. The first kappa shape index (κ1) is 13.7. The van der Waals surface area contributed by atoms with Crippen molar-refractivity contribution in [2.75, 3.05) is 0 Å². The molecule has 1 aromatic carbocycles. The summed E-state index contributed by atoms with van der Waals surface area (Å²) in [4.78, 5) is 25.0. The molecule has 1 aliphatic rings. The van der Waals surface area contributed by atoms with Crippen molar-refractivity contribution in [2.24, 2.45) is 17.6 Å². The minimum atomic E-state index is -0.433. The molecule has 0 aromatic heterocycles. The zero-order chi connectivity index (χ0) is 14.2. The van der Waals surface area contributed by atoms with Crippen LogP contribution in [0.5, 0.6) is 0 Å². The summed E-state index contributed by atoms with van der Waals surface area (Å²) in [5.41, 5.74) is 6.15. The van der Waals surface area contributed by atoms with E-state index in [1.54, 1.807) is 32.0 Å². The van der Waals surface area contributed by atoms with Gasteiger partial charge in [0.25, 0.3) is 0 Å². The lowest BCUT2D eigenvalue weighted by molar-refractivity contribution is -0.140. The van der Waals surface area contributed by atoms with Gasteiger partial charge in [-0.1, -0.05) is 32.0 Å². The fourth-order valence-corrected chi connectivity index (χ4v) is 2.27. The van der Waals surface area contributed by atoms with Gasteiger partial charge in [-0.3, -0.25) is 14.5 Å². The summed E-state index contributed by atoms with van der Waals surface area (Å²) >= 11 is 0. The topological polar surface area (TPSA) is 63.4 Å². The van der Waals surface area contributed by atoms with E-state index in [0.717, 1.165) is 4.90 Å². The molecule has 5 heteroatoms. The van der Waals surface area contributed by atoms with Crippen molar-refractivity contribution < 1.29 is 14.0 Å². The summed E-state index contributed by atoms with van der Waals surface area (Å²) in [6.45, 7) is 3.51. The van der Waals surface area contributed by atoms with Crippen molar-refractivity contribution in [3.63, 3.8) is 0 Å². The van der Waals surface area contributed by atoms with Gasteiger partial charge in [0.05, 0.1) is 6.54 Å². The highest BCUT2D eigenvalue weighted by molar-refractivity contribution is 6.04. The average Bonchev–Trinajstić information content (AvgIpc) is 2.59. The van der Waals surface area contributed by atoms with Gasteiger partial charge in [-0.2, -0.15) is 0 Å². The van der Waals surface area contributed by atoms with Crippen LogP contribution >= 0.6 is 0 Å². The smallest absolute Gasteiger partial charge is 0.233 e. The van der Waals surface area contributed by atoms with Crippen LogP contribution in [0.3, 0.4) is 0 Å². The molecule has 0 saturated carbocycles. The maximum atomic E-state index is 14.0. The van der Waals surface area contributed by atoms with Crippen LogP contribution < -0.4 is 5.73 Å². The van der Waals surface area contributed by atoms with Crippen molar-refractivity contribution >= 4 is 11.8 Å². The number of imide groups is 1. The van der Waals surface area contributed by atoms with E-state index in [4.69, 9.17) is 5.73 Å². The van der Waals surface area contributed by atoms with Gasteiger partial charge in [0.1, 0.15) is 5.82 Å². The summed E-state index contributed by atoms with van der Waals surface area (Å²) in [6.07, 6.45) is 0. The van der Waals surface area contributed by atoms with E-state index in [-0.39, 0.29) is 36.7 Å². The molecule has 1 aromatic rings. The SMILES string of the molecule is CC1C(=O)N(Cc2cccc(CN)c2F)C(=O)C1C. The van der Waals surface area contributed by atoms with Crippen molar-refractivity contribution in [2.45, 2.75) is 26.9 Å². The molecule has 1 heterocycles. The molecule has 0 spiro atoms. The summed E-state index contributed by atoms with van der Waals surface area (Å²) < 4.78 is 14.0. The van der Waals surface area contributed by atoms with Crippen LogP contribution in [-0.2, 0) is 22.7 Å². The van der Waals surface area contributed by atoms with E-state index >= 15 is 0 Å². The maximum absolute atomic E-state index is 14.0. The molecule has 0 radical (unpaired) electrons. The lowest BCUT2D eigenvalue weighted by atomic mass is 10.00. The number of rotatable bonds is 3. The fourth-order valence-electron chi connectivity index (χ4n) is 2.27. The second kappa shape index (κ2) is 5.09. The number of hydrogen-bond donors (Lipinski definition) is 1. The minimum Gasteiger partial charge on any atom is -0.326 e. The third-order valence-electron chi connectivity index (χ3n) is 3.77. The van der Waals surface area contributed by atoms with Gasteiger partial charge < -0.3 is 5.73 Å². The van der Waals surface area contributed by atoms with Gasteiger partial charge in [0.2, 0.25) is 11.8 Å². The van der Waals surface area contributed by atoms with E-state index in [0.29, 0.717) is 11.1 Å². The molecule has 2 unspecified atom stereocenters. The Kier molecular flexibility index (Phi) is 3.66. The Hall–Kier alpha value is -1.75. The number of carbonyl (C=O) groups is 2. The highest BCUT2D eigenvalue weighted by Crippen LogP contribution is 2.27. The summed E-state index contributed by atoms with van der Waals surface area (Å²) in [5.74, 6) is -1.59. The second-order valence-electron chi connectivity index (χ2n) is 4.93. The van der Waals surface area contributed by atoms with Crippen LogP contribution in [0.25, 0.3) is 0 Å². The molecule has 2 atom stereocenters. The number of hydrogen-bond acceptors (Lipinski definition) is 3. The Bertz CT molecular complexity index is 510. The largest absolute Gasteiger partial charge is 0.326 e. The second-order valence-corrected chi connectivity index (χ2v) is 4.93. The highest BCUT2D eigenvalue weighted by atomic mass is 19.1. The number of halogens is 1. The molecule has 1 saturated heterocycles. The number of nitrogens with two attached hydrogens (primary N) is 1. The van der Waals surface area contributed by atoms with Crippen molar-refractivity contribution in [3.05, 3.63) is 35.1 Å². The molecule has 2 N–H and O–H groups in total. The lowest BCUT2D eigenvalue weighted by Crippen LogP contribution is -2.30. The molecule has 1 aliphatic heterocycles. The molecule has 102 valence electrons. The first-order valence-electron chi connectivity index (χ1n) is 6.29. The molecular formula is C14H17FN2O2. The van der Waals surface area contributed by atoms with E-state index in [2.05, 4.69) is 0 Å². The zero-order valence-electron chi connectivity index (χ0n) is 11.0. The fraction of sp³-hybridized carbons (Fsp3) is 0.429. The quantitative estimate of drug-likeness (QED) is 0.840. The number of amides is 2. The van der Waals surface area contributed by atoms with Crippen molar-refractivity contribution in [1.29, 1.82) is 0 Å². The normalized spacial score (nSPS) is 23.3. The zero-order valence-corrected chi connectivity index (χ0v) is 11.0. The number of likely N-dealkylation sites (tertiary alicyclic amines) is 1. The molecule has 2 rings (SSSR count). The first-order chi connectivity index (χ1) is 8.97. The molecule has 0 bridgehead atoms.